The fourth-order valence-electron chi connectivity index (χ4n) is 3.35. The molecule has 1 aliphatic carbocycles. The summed E-state index contributed by atoms with van der Waals surface area (Å²) in [5.74, 6) is 1.38. The van der Waals surface area contributed by atoms with E-state index in [1.54, 1.807) is 0 Å². The molecule has 0 spiro atoms. The van der Waals surface area contributed by atoms with Crippen molar-refractivity contribution in [2.75, 3.05) is 26.3 Å². The smallest absolute Gasteiger partial charge is 0.226 e. The number of nitrogens with zero attached hydrogens (tertiary/aromatic N) is 1. The first-order valence-corrected chi connectivity index (χ1v) is 10.4. The Morgan fingerprint density at radius 1 is 1.32 bits per heavy atom. The molecular formula is C22H32N2O4. The van der Waals surface area contributed by atoms with Crippen LogP contribution in [-0.2, 0) is 27.3 Å². The number of benzene rings is 1. The van der Waals surface area contributed by atoms with Gasteiger partial charge in [0.1, 0.15) is 12.4 Å². The zero-order chi connectivity index (χ0) is 19.9. The third-order valence-corrected chi connectivity index (χ3v) is 5.08. The molecule has 1 aromatic carbocycles. The Hall–Kier alpha value is -2.08. The molecule has 1 saturated carbocycles. The van der Waals surface area contributed by atoms with Gasteiger partial charge in [-0.3, -0.25) is 9.59 Å². The maximum Gasteiger partial charge on any atom is 0.226 e. The van der Waals surface area contributed by atoms with E-state index in [1.807, 2.05) is 30.9 Å². The molecule has 1 aliphatic heterocycles. The molecule has 28 heavy (non-hydrogen) atoms. The molecule has 1 heterocycles. The van der Waals surface area contributed by atoms with Crippen molar-refractivity contribution in [1.29, 1.82) is 0 Å². The molecular weight excluding hydrogens is 356 g/mol. The van der Waals surface area contributed by atoms with E-state index in [0.29, 0.717) is 45.7 Å². The van der Waals surface area contributed by atoms with Crippen LogP contribution in [0.3, 0.4) is 0 Å². The Labute approximate surface area is 167 Å². The first-order valence-electron chi connectivity index (χ1n) is 10.4. The van der Waals surface area contributed by atoms with Gasteiger partial charge in [0.2, 0.25) is 11.8 Å². The molecule has 6 heteroatoms. The number of fused-ring (bicyclic) bond motifs is 1. The first-order chi connectivity index (χ1) is 13.5. The molecule has 0 aromatic heterocycles. The van der Waals surface area contributed by atoms with Crippen LogP contribution < -0.4 is 10.1 Å². The molecule has 1 aromatic rings. The largest absolute Gasteiger partial charge is 0.491 e. The van der Waals surface area contributed by atoms with Crippen LogP contribution in [-0.4, -0.2) is 49.1 Å². The van der Waals surface area contributed by atoms with Gasteiger partial charge in [-0.1, -0.05) is 12.1 Å². The van der Waals surface area contributed by atoms with Crippen molar-refractivity contribution in [3.05, 3.63) is 29.3 Å². The molecule has 2 aliphatic rings. The van der Waals surface area contributed by atoms with Gasteiger partial charge in [-0.15, -0.1) is 0 Å². The highest BCUT2D eigenvalue weighted by Crippen LogP contribution is 2.33. The minimum atomic E-state index is 0.0567. The van der Waals surface area contributed by atoms with Gasteiger partial charge < -0.3 is 19.7 Å². The molecule has 0 bridgehead atoms. The second kappa shape index (κ2) is 9.92. The van der Waals surface area contributed by atoms with Crippen LogP contribution >= 0.6 is 0 Å². The molecule has 3 rings (SSSR count). The maximum absolute atomic E-state index is 12.4. The van der Waals surface area contributed by atoms with Crippen molar-refractivity contribution in [2.24, 2.45) is 5.92 Å². The summed E-state index contributed by atoms with van der Waals surface area (Å²) in [5, 5.41) is 2.94. The minimum Gasteiger partial charge on any atom is -0.491 e. The molecule has 1 fully saturated rings. The van der Waals surface area contributed by atoms with Crippen LogP contribution in [0.15, 0.2) is 18.2 Å². The van der Waals surface area contributed by atoms with Gasteiger partial charge in [0.25, 0.3) is 0 Å². The zero-order valence-corrected chi connectivity index (χ0v) is 17.0. The highest BCUT2D eigenvalue weighted by molar-refractivity contribution is 5.81. The number of nitrogens with one attached hydrogen (secondary N) is 1. The monoisotopic (exact) mass is 388 g/mol. The van der Waals surface area contributed by atoms with Crippen LogP contribution in [0.5, 0.6) is 5.75 Å². The fraction of sp³-hybridized carbons (Fsp3) is 0.636. The SMILES string of the molecule is CC(C)OCCCNC(=O)CCc1ccc2c(c1)CN(C(=O)C1CC1)CCO2. The molecule has 2 amide bonds. The van der Waals surface area contributed by atoms with Crippen LogP contribution in [0, 0.1) is 5.92 Å². The zero-order valence-electron chi connectivity index (χ0n) is 17.0. The summed E-state index contributed by atoms with van der Waals surface area (Å²) in [6, 6.07) is 6.06. The summed E-state index contributed by atoms with van der Waals surface area (Å²) in [6.07, 6.45) is 4.21. The van der Waals surface area contributed by atoms with Gasteiger partial charge in [0.15, 0.2) is 0 Å². The molecule has 154 valence electrons. The summed E-state index contributed by atoms with van der Waals surface area (Å²) < 4.78 is 11.3. The molecule has 0 unspecified atom stereocenters. The number of aryl methyl sites for hydroxylation is 1. The molecule has 0 saturated heterocycles. The van der Waals surface area contributed by atoms with Crippen molar-refractivity contribution in [3.8, 4) is 5.75 Å². The second-order valence-electron chi connectivity index (χ2n) is 7.95. The topological polar surface area (TPSA) is 67.9 Å². The number of carbonyl (C=O) groups excluding carboxylic acids is 2. The fourth-order valence-corrected chi connectivity index (χ4v) is 3.35. The van der Waals surface area contributed by atoms with E-state index < -0.39 is 0 Å². The third-order valence-electron chi connectivity index (χ3n) is 5.08. The average Bonchev–Trinajstić information content (AvgIpc) is 3.51. The second-order valence-corrected chi connectivity index (χ2v) is 7.95. The average molecular weight is 389 g/mol. The van der Waals surface area contributed by atoms with Crippen molar-refractivity contribution in [1.82, 2.24) is 10.2 Å². The third kappa shape index (κ3) is 6.23. The Morgan fingerprint density at radius 3 is 2.89 bits per heavy atom. The molecule has 0 radical (unpaired) electrons. The lowest BCUT2D eigenvalue weighted by Crippen LogP contribution is -2.33. The van der Waals surface area contributed by atoms with Crippen LogP contribution in [0.2, 0.25) is 0 Å². The predicted molar refractivity (Wildman–Crippen MR) is 107 cm³/mol. The molecule has 6 nitrogen and oxygen atoms in total. The van der Waals surface area contributed by atoms with Crippen LogP contribution in [0.1, 0.15) is 50.7 Å². The summed E-state index contributed by atoms with van der Waals surface area (Å²) >= 11 is 0. The molecule has 1 N–H and O–H groups in total. The van der Waals surface area contributed by atoms with Gasteiger partial charge in [0, 0.05) is 37.6 Å². The van der Waals surface area contributed by atoms with Gasteiger partial charge in [-0.05, 0) is 51.2 Å². The number of rotatable bonds is 9. The number of ether oxygens (including phenoxy) is 2. The van der Waals surface area contributed by atoms with Gasteiger partial charge in [0.05, 0.1) is 12.6 Å². The summed E-state index contributed by atoms with van der Waals surface area (Å²) in [6.45, 7) is 7.09. The lowest BCUT2D eigenvalue weighted by molar-refractivity contribution is -0.133. The van der Waals surface area contributed by atoms with Gasteiger partial charge in [-0.25, -0.2) is 0 Å². The van der Waals surface area contributed by atoms with E-state index in [2.05, 4.69) is 11.4 Å². The number of amides is 2. The first kappa shape index (κ1) is 20.6. The number of hydrogen-bond donors (Lipinski definition) is 1. The standard InChI is InChI=1S/C22H32N2O4/c1-16(2)27-12-3-10-23-21(25)9-5-17-4-8-20-19(14-17)15-24(11-13-28-20)22(26)18-6-7-18/h4,8,14,16,18H,3,5-7,9-13,15H2,1-2H3,(H,23,25). The van der Waals surface area contributed by atoms with Crippen LogP contribution in [0.25, 0.3) is 0 Å². The normalized spacial score (nSPS) is 16.3. The highest BCUT2D eigenvalue weighted by atomic mass is 16.5. The minimum absolute atomic E-state index is 0.0567. The van der Waals surface area contributed by atoms with E-state index >= 15 is 0 Å². The van der Waals surface area contributed by atoms with Crippen molar-refractivity contribution in [2.45, 2.75) is 58.6 Å². The van der Waals surface area contributed by atoms with E-state index in [9.17, 15) is 9.59 Å². The van der Waals surface area contributed by atoms with Crippen LogP contribution in [0.4, 0.5) is 0 Å². The highest BCUT2D eigenvalue weighted by Gasteiger charge is 2.34. The lowest BCUT2D eigenvalue weighted by Gasteiger charge is -2.19. The molecule has 0 atom stereocenters. The van der Waals surface area contributed by atoms with E-state index in [1.165, 1.54) is 0 Å². The number of carbonyl (C=O) groups is 2. The van der Waals surface area contributed by atoms with Gasteiger partial charge >= 0.3 is 0 Å². The Balaban J connectivity index is 1.46. The quantitative estimate of drug-likeness (QED) is 0.661. The van der Waals surface area contributed by atoms with Crippen molar-refractivity contribution in [3.63, 3.8) is 0 Å². The Kier molecular flexibility index (Phi) is 7.31. The van der Waals surface area contributed by atoms with Crippen molar-refractivity contribution >= 4 is 11.8 Å². The predicted octanol–water partition coefficient (Wildman–Crippen LogP) is 2.68. The van der Waals surface area contributed by atoms with Crippen molar-refractivity contribution < 1.29 is 19.1 Å². The van der Waals surface area contributed by atoms with E-state index in [4.69, 9.17) is 9.47 Å². The summed E-state index contributed by atoms with van der Waals surface area (Å²) in [5.41, 5.74) is 2.14. The lowest BCUT2D eigenvalue weighted by atomic mass is 10.0. The van der Waals surface area contributed by atoms with E-state index in [0.717, 1.165) is 36.1 Å². The number of hydrogen-bond acceptors (Lipinski definition) is 4. The van der Waals surface area contributed by atoms with Gasteiger partial charge in [-0.2, -0.15) is 0 Å². The summed E-state index contributed by atoms with van der Waals surface area (Å²) in [7, 11) is 0. The summed E-state index contributed by atoms with van der Waals surface area (Å²) in [4.78, 5) is 26.4. The Bertz CT molecular complexity index is 685. The van der Waals surface area contributed by atoms with E-state index in [-0.39, 0.29) is 23.8 Å². The maximum atomic E-state index is 12.4. The Morgan fingerprint density at radius 2 is 2.14 bits per heavy atom.